The molecule has 0 saturated heterocycles. The standard InChI is InChI=1S/C28H24O6/c1-31-19-9-5-17(6-10-19)27(29)21-13-15-24(34-4)26-22(14-16-23(33-3)25(21)26)28(30)18-7-11-20(32-2)12-8-18/h5-16H,1-4H3. The Morgan fingerprint density at radius 2 is 0.824 bits per heavy atom. The molecule has 0 heterocycles. The van der Waals surface area contributed by atoms with E-state index in [9.17, 15) is 9.59 Å². The molecule has 0 amide bonds. The van der Waals surface area contributed by atoms with Crippen LogP contribution in [0, 0.1) is 0 Å². The van der Waals surface area contributed by atoms with Gasteiger partial charge in [-0.15, -0.1) is 0 Å². The number of hydrogen-bond acceptors (Lipinski definition) is 6. The van der Waals surface area contributed by atoms with E-state index in [0.29, 0.717) is 56.0 Å². The third-order valence-electron chi connectivity index (χ3n) is 5.72. The maximum atomic E-state index is 13.5. The van der Waals surface area contributed by atoms with Crippen LogP contribution in [-0.4, -0.2) is 40.0 Å². The summed E-state index contributed by atoms with van der Waals surface area (Å²) in [6.45, 7) is 0. The van der Waals surface area contributed by atoms with Gasteiger partial charge in [-0.2, -0.15) is 0 Å². The smallest absolute Gasteiger partial charge is 0.193 e. The van der Waals surface area contributed by atoms with Gasteiger partial charge in [0.2, 0.25) is 0 Å². The highest BCUT2D eigenvalue weighted by atomic mass is 16.5. The van der Waals surface area contributed by atoms with Crippen molar-refractivity contribution >= 4 is 22.3 Å². The van der Waals surface area contributed by atoms with E-state index in [1.807, 2.05) is 0 Å². The van der Waals surface area contributed by atoms with Crippen molar-refractivity contribution in [3.8, 4) is 23.0 Å². The number of ketones is 2. The van der Waals surface area contributed by atoms with E-state index in [2.05, 4.69) is 0 Å². The maximum Gasteiger partial charge on any atom is 0.193 e. The van der Waals surface area contributed by atoms with Crippen molar-refractivity contribution in [3.05, 3.63) is 95.1 Å². The van der Waals surface area contributed by atoms with E-state index in [-0.39, 0.29) is 11.6 Å². The second kappa shape index (κ2) is 9.67. The first-order chi connectivity index (χ1) is 16.5. The van der Waals surface area contributed by atoms with Crippen molar-refractivity contribution in [1.29, 1.82) is 0 Å². The molecule has 0 aliphatic rings. The van der Waals surface area contributed by atoms with Gasteiger partial charge in [0.1, 0.15) is 23.0 Å². The Kier molecular flexibility index (Phi) is 6.50. The van der Waals surface area contributed by atoms with Crippen molar-refractivity contribution in [2.75, 3.05) is 28.4 Å². The number of fused-ring (bicyclic) bond motifs is 1. The van der Waals surface area contributed by atoms with Crippen LogP contribution >= 0.6 is 0 Å². The van der Waals surface area contributed by atoms with Crippen LogP contribution in [0.1, 0.15) is 31.8 Å². The molecule has 0 spiro atoms. The van der Waals surface area contributed by atoms with Gasteiger partial charge >= 0.3 is 0 Å². The molecule has 4 aromatic carbocycles. The van der Waals surface area contributed by atoms with Crippen LogP contribution < -0.4 is 18.9 Å². The van der Waals surface area contributed by atoms with Gasteiger partial charge in [0.05, 0.1) is 28.4 Å². The zero-order valence-electron chi connectivity index (χ0n) is 19.4. The predicted octanol–water partition coefficient (Wildman–Crippen LogP) is 5.34. The predicted molar refractivity (Wildman–Crippen MR) is 130 cm³/mol. The molecule has 0 N–H and O–H groups in total. The van der Waals surface area contributed by atoms with E-state index >= 15 is 0 Å². The lowest BCUT2D eigenvalue weighted by Crippen LogP contribution is -2.08. The molecule has 34 heavy (non-hydrogen) atoms. The summed E-state index contributed by atoms with van der Waals surface area (Å²) in [5, 5.41) is 1.03. The fraction of sp³-hybridized carbons (Fsp3) is 0.143. The quantitative estimate of drug-likeness (QED) is 0.334. The monoisotopic (exact) mass is 456 g/mol. The van der Waals surface area contributed by atoms with Gasteiger partial charge in [0, 0.05) is 33.0 Å². The molecular weight excluding hydrogens is 432 g/mol. The van der Waals surface area contributed by atoms with Gasteiger partial charge in [-0.25, -0.2) is 0 Å². The Balaban J connectivity index is 1.93. The third kappa shape index (κ3) is 4.06. The van der Waals surface area contributed by atoms with E-state index in [4.69, 9.17) is 18.9 Å². The molecule has 0 atom stereocenters. The SMILES string of the molecule is COc1ccc(C(=O)c2ccc(OC)c3c(C(=O)c4ccc(OC)cc4)ccc(OC)c23)cc1. The van der Waals surface area contributed by atoms with E-state index in [0.717, 1.165) is 0 Å². The Labute approximate surface area is 197 Å². The van der Waals surface area contributed by atoms with E-state index in [1.165, 1.54) is 14.2 Å². The van der Waals surface area contributed by atoms with Gasteiger partial charge in [0.15, 0.2) is 11.6 Å². The lowest BCUT2D eigenvalue weighted by Gasteiger charge is -2.16. The summed E-state index contributed by atoms with van der Waals surface area (Å²) in [4.78, 5) is 27.0. The minimum atomic E-state index is -0.206. The number of carbonyl (C=O) groups is 2. The van der Waals surface area contributed by atoms with Crippen molar-refractivity contribution < 1.29 is 28.5 Å². The van der Waals surface area contributed by atoms with E-state index < -0.39 is 0 Å². The van der Waals surface area contributed by atoms with Gasteiger partial charge in [-0.05, 0) is 72.8 Å². The molecule has 0 fully saturated rings. The van der Waals surface area contributed by atoms with Crippen molar-refractivity contribution in [2.45, 2.75) is 0 Å². The van der Waals surface area contributed by atoms with Crippen LogP contribution in [0.5, 0.6) is 23.0 Å². The van der Waals surface area contributed by atoms with Crippen LogP contribution in [0.4, 0.5) is 0 Å². The summed E-state index contributed by atoms with van der Waals surface area (Å²) < 4.78 is 21.6. The number of carbonyl (C=O) groups excluding carboxylic acids is 2. The summed E-state index contributed by atoms with van der Waals surface area (Å²) in [6.07, 6.45) is 0. The first-order valence-corrected chi connectivity index (χ1v) is 10.6. The van der Waals surface area contributed by atoms with Crippen molar-refractivity contribution in [3.63, 3.8) is 0 Å². The molecule has 0 aromatic heterocycles. The molecule has 0 unspecified atom stereocenters. The molecular formula is C28H24O6. The number of methoxy groups -OCH3 is 4. The van der Waals surface area contributed by atoms with Crippen LogP contribution in [0.15, 0.2) is 72.8 Å². The molecule has 172 valence electrons. The summed E-state index contributed by atoms with van der Waals surface area (Å²) in [6, 6.07) is 20.5. The Hall–Kier alpha value is -4.32. The molecule has 0 radical (unpaired) electrons. The van der Waals surface area contributed by atoms with Gasteiger partial charge in [0.25, 0.3) is 0 Å². The molecule has 0 bridgehead atoms. The summed E-state index contributed by atoms with van der Waals surface area (Å²) >= 11 is 0. The van der Waals surface area contributed by atoms with Crippen molar-refractivity contribution in [1.82, 2.24) is 0 Å². The van der Waals surface area contributed by atoms with E-state index in [1.54, 1.807) is 87.0 Å². The largest absolute Gasteiger partial charge is 0.497 e. The lowest BCUT2D eigenvalue weighted by atomic mass is 9.91. The Morgan fingerprint density at radius 1 is 0.471 bits per heavy atom. The Morgan fingerprint density at radius 3 is 1.12 bits per heavy atom. The first kappa shape index (κ1) is 22.9. The van der Waals surface area contributed by atoms with Gasteiger partial charge < -0.3 is 18.9 Å². The zero-order chi connectivity index (χ0) is 24.2. The summed E-state index contributed by atoms with van der Waals surface area (Å²) in [7, 11) is 6.20. The Bertz CT molecular complexity index is 1250. The highest BCUT2D eigenvalue weighted by molar-refractivity contribution is 6.24. The minimum Gasteiger partial charge on any atom is -0.497 e. The average molecular weight is 456 g/mol. The fourth-order valence-corrected chi connectivity index (χ4v) is 3.95. The minimum absolute atomic E-state index is 0.206. The van der Waals surface area contributed by atoms with Gasteiger partial charge in [-0.3, -0.25) is 9.59 Å². The van der Waals surface area contributed by atoms with Crippen LogP contribution in [0.25, 0.3) is 10.8 Å². The molecule has 0 saturated carbocycles. The lowest BCUT2D eigenvalue weighted by molar-refractivity contribution is 0.103. The number of hydrogen-bond donors (Lipinski definition) is 0. The number of ether oxygens (including phenoxy) is 4. The summed E-state index contributed by atoms with van der Waals surface area (Å²) in [5.74, 6) is 1.83. The molecule has 4 rings (SSSR count). The third-order valence-corrected chi connectivity index (χ3v) is 5.72. The number of rotatable bonds is 8. The second-order valence-electron chi connectivity index (χ2n) is 7.50. The zero-order valence-corrected chi connectivity index (χ0v) is 19.4. The average Bonchev–Trinajstić information content (AvgIpc) is 2.91. The van der Waals surface area contributed by atoms with Crippen LogP contribution in [0.3, 0.4) is 0 Å². The molecule has 6 nitrogen and oxygen atoms in total. The highest BCUT2D eigenvalue weighted by Crippen LogP contribution is 2.39. The van der Waals surface area contributed by atoms with Crippen LogP contribution in [-0.2, 0) is 0 Å². The normalized spacial score (nSPS) is 10.6. The fourth-order valence-electron chi connectivity index (χ4n) is 3.95. The van der Waals surface area contributed by atoms with Crippen LogP contribution in [0.2, 0.25) is 0 Å². The topological polar surface area (TPSA) is 71.1 Å². The molecule has 6 heteroatoms. The highest BCUT2D eigenvalue weighted by Gasteiger charge is 2.23. The molecule has 0 aliphatic carbocycles. The molecule has 0 aliphatic heterocycles. The maximum absolute atomic E-state index is 13.5. The van der Waals surface area contributed by atoms with Gasteiger partial charge in [-0.1, -0.05) is 0 Å². The summed E-state index contributed by atoms with van der Waals surface area (Å²) in [5.41, 5.74) is 1.78. The van der Waals surface area contributed by atoms with Crippen molar-refractivity contribution in [2.24, 2.45) is 0 Å². The number of benzene rings is 4. The second-order valence-corrected chi connectivity index (χ2v) is 7.50. The first-order valence-electron chi connectivity index (χ1n) is 10.6. The molecule has 4 aromatic rings.